The number of hydrogen-bond acceptors (Lipinski definition) is 3. The van der Waals surface area contributed by atoms with E-state index in [1.54, 1.807) is 18.2 Å². The highest BCUT2D eigenvalue weighted by atomic mass is 35.5. The largest absolute Gasteiger partial charge is 0.478 e. The number of hydrogen-bond donors (Lipinski definition) is 2. The molecule has 0 radical (unpaired) electrons. The number of carboxylic acids is 1. The van der Waals surface area contributed by atoms with E-state index in [-0.39, 0.29) is 23.6 Å². The molecule has 1 atom stereocenters. The lowest BCUT2D eigenvalue weighted by molar-refractivity contribution is -0.187. The van der Waals surface area contributed by atoms with Crippen LogP contribution in [0.4, 0.5) is 13.2 Å². The van der Waals surface area contributed by atoms with Gasteiger partial charge < -0.3 is 15.2 Å². The van der Waals surface area contributed by atoms with Crippen LogP contribution in [0.15, 0.2) is 23.8 Å². The maximum Gasteiger partial charge on any atom is 0.430 e. The minimum absolute atomic E-state index is 0. The normalized spacial score (nSPS) is 16.8. The van der Waals surface area contributed by atoms with Gasteiger partial charge in [-0.2, -0.15) is 13.2 Å². The van der Waals surface area contributed by atoms with Crippen molar-refractivity contribution in [2.45, 2.75) is 44.9 Å². The molecule has 0 saturated heterocycles. The van der Waals surface area contributed by atoms with Crippen molar-refractivity contribution < 1.29 is 27.8 Å². The second kappa shape index (κ2) is 8.31. The number of benzene rings is 1. The Morgan fingerprint density at radius 1 is 1.31 bits per heavy atom. The van der Waals surface area contributed by atoms with Crippen molar-refractivity contribution in [1.82, 2.24) is 5.32 Å². The molecule has 1 aliphatic rings. The Morgan fingerprint density at radius 2 is 1.96 bits per heavy atom. The van der Waals surface area contributed by atoms with Crippen molar-refractivity contribution in [1.29, 1.82) is 0 Å². The summed E-state index contributed by atoms with van der Waals surface area (Å²) in [4.78, 5) is 11.1. The van der Waals surface area contributed by atoms with Gasteiger partial charge in [-0.1, -0.05) is 32.9 Å². The number of rotatable bonds is 6. The van der Waals surface area contributed by atoms with Crippen molar-refractivity contribution >= 4 is 24.5 Å². The van der Waals surface area contributed by atoms with Crippen LogP contribution in [-0.4, -0.2) is 36.4 Å². The topological polar surface area (TPSA) is 58.6 Å². The van der Waals surface area contributed by atoms with E-state index in [0.29, 0.717) is 12.1 Å². The van der Waals surface area contributed by atoms with E-state index in [9.17, 15) is 18.0 Å². The van der Waals surface area contributed by atoms with Gasteiger partial charge in [-0.05, 0) is 30.7 Å². The molecular formula is C18H23ClF3NO3. The number of alkyl halides is 3. The monoisotopic (exact) mass is 393 g/mol. The molecule has 146 valence electrons. The maximum absolute atomic E-state index is 13.1. The van der Waals surface area contributed by atoms with Gasteiger partial charge in [-0.25, -0.2) is 4.79 Å². The van der Waals surface area contributed by atoms with E-state index in [4.69, 9.17) is 9.84 Å². The van der Waals surface area contributed by atoms with Gasteiger partial charge in [0.25, 0.3) is 0 Å². The SMILES string of the molecule is CCCNCC(C)(C)c1ccc2c(c1)OC(C(F)(F)F)C(C(=O)O)=C2.Cl. The highest BCUT2D eigenvalue weighted by Crippen LogP contribution is 2.39. The molecule has 0 bridgehead atoms. The van der Waals surface area contributed by atoms with E-state index in [1.807, 2.05) is 13.8 Å². The standard InChI is InChI=1S/C18H22F3NO3.ClH/c1-4-7-22-10-17(2,3)12-6-5-11-8-13(16(23)24)15(18(19,20)21)25-14(11)9-12;/h5-6,8-9,15,22H,4,7,10H2,1-3H3,(H,23,24);1H. The summed E-state index contributed by atoms with van der Waals surface area (Å²) in [5.74, 6) is -1.59. The molecule has 8 heteroatoms. The smallest absolute Gasteiger partial charge is 0.430 e. The number of halogens is 4. The van der Waals surface area contributed by atoms with Crippen molar-refractivity contribution in [3.05, 3.63) is 34.9 Å². The van der Waals surface area contributed by atoms with Gasteiger partial charge in [0.05, 0.1) is 5.57 Å². The Bertz CT molecular complexity index is 687. The van der Waals surface area contributed by atoms with Gasteiger partial charge in [0.1, 0.15) is 5.75 Å². The van der Waals surface area contributed by atoms with E-state index in [0.717, 1.165) is 24.6 Å². The van der Waals surface area contributed by atoms with E-state index < -0.39 is 23.8 Å². The molecule has 1 heterocycles. The van der Waals surface area contributed by atoms with Crippen LogP contribution in [0.2, 0.25) is 0 Å². The molecular weight excluding hydrogens is 371 g/mol. The Kier molecular flexibility index (Phi) is 7.13. The zero-order valence-corrected chi connectivity index (χ0v) is 15.6. The van der Waals surface area contributed by atoms with Crippen LogP contribution < -0.4 is 10.1 Å². The van der Waals surface area contributed by atoms with Gasteiger partial charge in [-0.3, -0.25) is 0 Å². The van der Waals surface area contributed by atoms with Crippen LogP contribution in [-0.2, 0) is 10.2 Å². The number of carbonyl (C=O) groups is 1. The van der Waals surface area contributed by atoms with Crippen LogP contribution in [0.3, 0.4) is 0 Å². The van der Waals surface area contributed by atoms with Crippen molar-refractivity contribution in [3.8, 4) is 5.75 Å². The Hall–Kier alpha value is -1.73. The summed E-state index contributed by atoms with van der Waals surface area (Å²) in [5.41, 5.74) is 0.0384. The molecule has 4 nitrogen and oxygen atoms in total. The van der Waals surface area contributed by atoms with Crippen LogP contribution in [0.1, 0.15) is 38.3 Å². The van der Waals surface area contributed by atoms with Crippen molar-refractivity contribution in [2.24, 2.45) is 0 Å². The predicted molar refractivity (Wildman–Crippen MR) is 96.0 cm³/mol. The minimum Gasteiger partial charge on any atom is -0.478 e. The molecule has 1 unspecified atom stereocenters. The number of carboxylic acid groups (broad SMARTS) is 1. The predicted octanol–water partition coefficient (Wildman–Crippen LogP) is 4.18. The molecule has 0 amide bonds. The van der Waals surface area contributed by atoms with Gasteiger partial charge in [-0.15, -0.1) is 12.4 Å². The number of aliphatic carboxylic acids is 1. The van der Waals surface area contributed by atoms with Crippen LogP contribution in [0.5, 0.6) is 5.75 Å². The van der Waals surface area contributed by atoms with Gasteiger partial charge in [0, 0.05) is 17.5 Å². The molecule has 0 spiro atoms. The second-order valence-electron chi connectivity index (χ2n) is 6.76. The summed E-state index contributed by atoms with van der Waals surface area (Å²) in [5, 5.41) is 12.3. The third-order valence-corrected chi connectivity index (χ3v) is 4.17. The molecule has 1 aromatic rings. The van der Waals surface area contributed by atoms with Crippen LogP contribution in [0.25, 0.3) is 6.08 Å². The fourth-order valence-electron chi connectivity index (χ4n) is 2.71. The fraction of sp³-hybridized carbons (Fsp3) is 0.500. The summed E-state index contributed by atoms with van der Waals surface area (Å²) in [6, 6.07) is 4.96. The molecule has 0 saturated carbocycles. The van der Waals surface area contributed by atoms with E-state index >= 15 is 0 Å². The van der Waals surface area contributed by atoms with E-state index in [2.05, 4.69) is 12.2 Å². The second-order valence-corrected chi connectivity index (χ2v) is 6.76. The first-order valence-corrected chi connectivity index (χ1v) is 8.10. The zero-order valence-electron chi connectivity index (χ0n) is 14.8. The van der Waals surface area contributed by atoms with Gasteiger partial charge in [0.15, 0.2) is 0 Å². The highest BCUT2D eigenvalue weighted by molar-refractivity contribution is 5.95. The Balaban J connectivity index is 0.00000338. The summed E-state index contributed by atoms with van der Waals surface area (Å²) >= 11 is 0. The van der Waals surface area contributed by atoms with E-state index in [1.165, 1.54) is 0 Å². The first-order valence-electron chi connectivity index (χ1n) is 8.10. The molecule has 2 rings (SSSR count). The maximum atomic E-state index is 13.1. The first-order chi connectivity index (χ1) is 11.6. The average Bonchev–Trinajstić information content (AvgIpc) is 2.52. The quantitative estimate of drug-likeness (QED) is 0.712. The number of fused-ring (bicyclic) bond motifs is 1. The molecule has 1 aliphatic heterocycles. The van der Waals surface area contributed by atoms with Crippen molar-refractivity contribution in [2.75, 3.05) is 13.1 Å². The third-order valence-electron chi connectivity index (χ3n) is 4.17. The number of nitrogens with one attached hydrogen (secondary N) is 1. The molecule has 2 N–H and O–H groups in total. The average molecular weight is 394 g/mol. The fourth-order valence-corrected chi connectivity index (χ4v) is 2.71. The Morgan fingerprint density at radius 3 is 2.50 bits per heavy atom. The molecule has 0 aromatic heterocycles. The lowest BCUT2D eigenvalue weighted by atomic mass is 9.83. The minimum atomic E-state index is -4.80. The summed E-state index contributed by atoms with van der Waals surface area (Å²) in [7, 11) is 0. The first kappa shape index (κ1) is 22.3. The highest BCUT2D eigenvalue weighted by Gasteiger charge is 2.48. The van der Waals surface area contributed by atoms with Gasteiger partial charge in [0.2, 0.25) is 6.10 Å². The Labute approximate surface area is 156 Å². The van der Waals surface area contributed by atoms with Crippen LogP contribution >= 0.6 is 12.4 Å². The summed E-state index contributed by atoms with van der Waals surface area (Å²) in [6.07, 6.45) is -5.24. The number of ether oxygens (including phenoxy) is 1. The molecule has 0 fully saturated rings. The van der Waals surface area contributed by atoms with Gasteiger partial charge >= 0.3 is 12.1 Å². The summed E-state index contributed by atoms with van der Waals surface area (Å²) < 4.78 is 44.5. The zero-order chi connectivity index (χ0) is 18.8. The lowest BCUT2D eigenvalue weighted by Gasteiger charge is -2.30. The molecule has 26 heavy (non-hydrogen) atoms. The lowest BCUT2D eigenvalue weighted by Crippen LogP contribution is -2.40. The summed E-state index contributed by atoms with van der Waals surface area (Å²) in [6.45, 7) is 7.54. The molecule has 0 aliphatic carbocycles. The van der Waals surface area contributed by atoms with Crippen LogP contribution in [0, 0.1) is 0 Å². The molecule has 1 aromatic carbocycles. The third kappa shape index (κ3) is 4.92. The van der Waals surface area contributed by atoms with Crippen molar-refractivity contribution in [3.63, 3.8) is 0 Å².